The molecule has 0 radical (unpaired) electrons. The molecule has 116 valence electrons. The Kier molecular flexibility index (Phi) is 4.27. The summed E-state index contributed by atoms with van der Waals surface area (Å²) in [5.74, 6) is 0.0616. The van der Waals surface area contributed by atoms with Crippen LogP contribution in [-0.4, -0.2) is 47.8 Å². The maximum Gasteiger partial charge on any atom is 0.228 e. The molecule has 0 aromatic heterocycles. The zero-order valence-corrected chi connectivity index (χ0v) is 12.9. The molecule has 1 saturated carbocycles. The quantitative estimate of drug-likeness (QED) is 0.836. The largest absolute Gasteiger partial charge is 0.342 e. The van der Waals surface area contributed by atoms with Gasteiger partial charge in [-0.3, -0.25) is 9.59 Å². The van der Waals surface area contributed by atoms with Gasteiger partial charge in [0.15, 0.2) is 0 Å². The van der Waals surface area contributed by atoms with Crippen molar-refractivity contribution in [3.05, 3.63) is 42.0 Å². The standard InChI is InChI=1S/C18H22N2O2/c1-19(11-5-8-14-6-3-2-4-7-14)18(22)15-12-17(21)20(13-15)16-9-10-16/h2-8,15-16H,9-13H2,1H3/b8-5+/t15-/m0/s1. The van der Waals surface area contributed by atoms with Crippen molar-refractivity contribution < 1.29 is 9.59 Å². The summed E-state index contributed by atoms with van der Waals surface area (Å²) in [6, 6.07) is 10.4. The highest BCUT2D eigenvalue weighted by molar-refractivity contribution is 5.89. The second-order valence-corrected chi connectivity index (χ2v) is 6.21. The fourth-order valence-electron chi connectivity index (χ4n) is 2.95. The van der Waals surface area contributed by atoms with Crippen LogP contribution in [0.4, 0.5) is 0 Å². The number of benzene rings is 1. The molecule has 1 saturated heterocycles. The van der Waals surface area contributed by atoms with E-state index >= 15 is 0 Å². The zero-order chi connectivity index (χ0) is 15.5. The van der Waals surface area contributed by atoms with Crippen LogP contribution >= 0.6 is 0 Å². The van der Waals surface area contributed by atoms with Crippen LogP contribution in [0.1, 0.15) is 24.8 Å². The van der Waals surface area contributed by atoms with Crippen molar-refractivity contribution in [2.75, 3.05) is 20.1 Å². The summed E-state index contributed by atoms with van der Waals surface area (Å²) in [6.45, 7) is 1.18. The molecule has 3 rings (SSSR count). The average Bonchev–Trinajstić information content (AvgIpc) is 3.30. The lowest BCUT2D eigenvalue weighted by atomic mass is 10.1. The minimum absolute atomic E-state index is 0.0780. The van der Waals surface area contributed by atoms with E-state index in [0.717, 1.165) is 18.4 Å². The van der Waals surface area contributed by atoms with Gasteiger partial charge in [-0.1, -0.05) is 42.5 Å². The minimum atomic E-state index is -0.164. The first-order chi connectivity index (χ1) is 10.6. The molecule has 1 aliphatic carbocycles. The summed E-state index contributed by atoms with van der Waals surface area (Å²) in [5.41, 5.74) is 1.12. The Balaban J connectivity index is 1.51. The third kappa shape index (κ3) is 3.38. The molecule has 1 aromatic rings. The highest BCUT2D eigenvalue weighted by Crippen LogP contribution is 2.33. The Morgan fingerprint density at radius 1 is 1.32 bits per heavy atom. The Labute approximate surface area is 131 Å². The second-order valence-electron chi connectivity index (χ2n) is 6.21. The summed E-state index contributed by atoms with van der Waals surface area (Å²) >= 11 is 0. The summed E-state index contributed by atoms with van der Waals surface area (Å²) in [6.07, 6.45) is 6.58. The van der Waals surface area contributed by atoms with E-state index in [9.17, 15) is 9.59 Å². The highest BCUT2D eigenvalue weighted by atomic mass is 16.2. The number of likely N-dealkylation sites (tertiary alicyclic amines) is 1. The zero-order valence-electron chi connectivity index (χ0n) is 12.9. The van der Waals surface area contributed by atoms with Gasteiger partial charge in [-0.2, -0.15) is 0 Å². The number of amides is 2. The van der Waals surface area contributed by atoms with Crippen molar-refractivity contribution in [1.29, 1.82) is 0 Å². The number of carbonyl (C=O) groups is 2. The van der Waals surface area contributed by atoms with Gasteiger partial charge in [0.05, 0.1) is 5.92 Å². The fraction of sp³-hybridized carbons (Fsp3) is 0.444. The number of hydrogen-bond donors (Lipinski definition) is 0. The highest BCUT2D eigenvalue weighted by Gasteiger charge is 2.42. The molecule has 1 aromatic carbocycles. The van der Waals surface area contributed by atoms with E-state index in [4.69, 9.17) is 0 Å². The first-order valence-electron chi connectivity index (χ1n) is 7.91. The van der Waals surface area contributed by atoms with Gasteiger partial charge in [-0.05, 0) is 18.4 Å². The van der Waals surface area contributed by atoms with Gasteiger partial charge in [0.25, 0.3) is 0 Å². The lowest BCUT2D eigenvalue weighted by Gasteiger charge is -2.20. The van der Waals surface area contributed by atoms with E-state index in [0.29, 0.717) is 25.6 Å². The molecule has 0 unspecified atom stereocenters. The van der Waals surface area contributed by atoms with Crippen LogP contribution in [0.25, 0.3) is 6.08 Å². The fourth-order valence-corrected chi connectivity index (χ4v) is 2.95. The molecule has 1 atom stereocenters. The molecule has 0 spiro atoms. The van der Waals surface area contributed by atoms with Crippen molar-refractivity contribution in [3.8, 4) is 0 Å². The van der Waals surface area contributed by atoms with Crippen molar-refractivity contribution in [2.24, 2.45) is 5.92 Å². The molecule has 2 fully saturated rings. The van der Waals surface area contributed by atoms with E-state index in [1.165, 1.54) is 0 Å². The lowest BCUT2D eigenvalue weighted by molar-refractivity contribution is -0.134. The Hall–Kier alpha value is -2.10. The van der Waals surface area contributed by atoms with Crippen molar-refractivity contribution in [2.45, 2.75) is 25.3 Å². The van der Waals surface area contributed by atoms with Gasteiger partial charge >= 0.3 is 0 Å². The summed E-state index contributed by atoms with van der Waals surface area (Å²) in [4.78, 5) is 28.0. The van der Waals surface area contributed by atoms with Gasteiger partial charge in [0, 0.05) is 32.6 Å². The Morgan fingerprint density at radius 3 is 2.73 bits per heavy atom. The molecular weight excluding hydrogens is 276 g/mol. The predicted octanol–water partition coefficient (Wildman–Crippen LogP) is 2.17. The van der Waals surface area contributed by atoms with Gasteiger partial charge in [-0.15, -0.1) is 0 Å². The third-order valence-corrected chi connectivity index (χ3v) is 4.36. The molecule has 22 heavy (non-hydrogen) atoms. The van der Waals surface area contributed by atoms with Crippen LogP contribution in [0.3, 0.4) is 0 Å². The normalized spacial score (nSPS) is 21.6. The maximum absolute atomic E-state index is 12.4. The molecule has 0 N–H and O–H groups in total. The monoisotopic (exact) mass is 298 g/mol. The minimum Gasteiger partial charge on any atom is -0.342 e. The number of carbonyl (C=O) groups excluding carboxylic acids is 2. The van der Waals surface area contributed by atoms with Crippen LogP contribution in [-0.2, 0) is 9.59 Å². The van der Waals surface area contributed by atoms with Crippen molar-refractivity contribution in [3.63, 3.8) is 0 Å². The van der Waals surface area contributed by atoms with E-state index in [-0.39, 0.29) is 17.7 Å². The third-order valence-electron chi connectivity index (χ3n) is 4.36. The first-order valence-corrected chi connectivity index (χ1v) is 7.91. The van der Waals surface area contributed by atoms with Gasteiger partial charge in [0.2, 0.25) is 11.8 Å². The van der Waals surface area contributed by atoms with Gasteiger partial charge in [0.1, 0.15) is 0 Å². The smallest absolute Gasteiger partial charge is 0.228 e. The molecular formula is C18H22N2O2. The number of likely N-dealkylation sites (N-methyl/N-ethyl adjacent to an activating group) is 1. The van der Waals surface area contributed by atoms with E-state index in [1.807, 2.05) is 54.4 Å². The van der Waals surface area contributed by atoms with E-state index in [2.05, 4.69) is 0 Å². The van der Waals surface area contributed by atoms with Gasteiger partial charge < -0.3 is 9.80 Å². The SMILES string of the molecule is CN(C/C=C/c1ccccc1)C(=O)[C@H]1CC(=O)N(C2CC2)C1. The van der Waals surface area contributed by atoms with Crippen LogP contribution < -0.4 is 0 Å². The molecule has 2 amide bonds. The lowest BCUT2D eigenvalue weighted by Crippen LogP contribution is -2.35. The first kappa shape index (κ1) is 14.8. The number of nitrogens with zero attached hydrogens (tertiary/aromatic N) is 2. The molecule has 2 aliphatic rings. The molecule has 4 heteroatoms. The maximum atomic E-state index is 12.4. The van der Waals surface area contributed by atoms with Crippen molar-refractivity contribution >= 4 is 17.9 Å². The second kappa shape index (κ2) is 6.34. The number of rotatable bonds is 5. The Bertz CT molecular complexity index is 578. The summed E-state index contributed by atoms with van der Waals surface area (Å²) < 4.78 is 0. The summed E-state index contributed by atoms with van der Waals surface area (Å²) in [5, 5.41) is 0. The molecule has 0 bridgehead atoms. The summed E-state index contributed by atoms with van der Waals surface area (Å²) in [7, 11) is 1.81. The molecule has 4 nitrogen and oxygen atoms in total. The van der Waals surface area contributed by atoms with Crippen LogP contribution in [0, 0.1) is 5.92 Å². The molecule has 1 aliphatic heterocycles. The average molecular weight is 298 g/mol. The molecule has 1 heterocycles. The van der Waals surface area contributed by atoms with Crippen LogP contribution in [0.2, 0.25) is 0 Å². The van der Waals surface area contributed by atoms with Gasteiger partial charge in [-0.25, -0.2) is 0 Å². The van der Waals surface area contributed by atoms with E-state index in [1.54, 1.807) is 4.90 Å². The Morgan fingerprint density at radius 2 is 2.05 bits per heavy atom. The predicted molar refractivity (Wildman–Crippen MR) is 86.0 cm³/mol. The van der Waals surface area contributed by atoms with Crippen LogP contribution in [0.15, 0.2) is 36.4 Å². The topological polar surface area (TPSA) is 40.6 Å². The van der Waals surface area contributed by atoms with Crippen LogP contribution in [0.5, 0.6) is 0 Å². The van der Waals surface area contributed by atoms with Crippen molar-refractivity contribution in [1.82, 2.24) is 9.80 Å². The number of hydrogen-bond acceptors (Lipinski definition) is 2. The van der Waals surface area contributed by atoms with E-state index < -0.39 is 0 Å².